The largest absolute Gasteiger partial charge is 0.494 e. The van der Waals surface area contributed by atoms with Crippen LogP contribution in [0, 0.1) is 11.7 Å². The van der Waals surface area contributed by atoms with Gasteiger partial charge in [-0.1, -0.05) is 23.7 Å². The molecule has 0 unspecified atom stereocenters. The number of carbonyl (C=O) groups is 1. The number of carbonyl (C=O) groups excluding carboxylic acids is 1. The molecule has 162 valence electrons. The topological polar surface area (TPSA) is 63.7 Å². The lowest BCUT2D eigenvalue weighted by atomic mass is 9.90. The highest BCUT2D eigenvalue weighted by atomic mass is 35.5. The van der Waals surface area contributed by atoms with Crippen molar-refractivity contribution in [1.82, 2.24) is 4.31 Å². The van der Waals surface area contributed by atoms with Crippen LogP contribution in [0.2, 0.25) is 5.02 Å². The third-order valence-electron chi connectivity index (χ3n) is 5.28. The van der Waals surface area contributed by atoms with Gasteiger partial charge in [0.15, 0.2) is 0 Å². The average molecular weight is 454 g/mol. The van der Waals surface area contributed by atoms with E-state index < -0.39 is 10.0 Å². The van der Waals surface area contributed by atoms with E-state index in [4.69, 9.17) is 16.3 Å². The van der Waals surface area contributed by atoms with E-state index in [0.29, 0.717) is 43.1 Å². The van der Waals surface area contributed by atoms with Crippen LogP contribution >= 0.6 is 11.6 Å². The van der Waals surface area contributed by atoms with Crippen molar-refractivity contribution in [3.8, 4) is 5.75 Å². The predicted molar refractivity (Wildman–Crippen MR) is 114 cm³/mol. The van der Waals surface area contributed by atoms with Crippen molar-refractivity contribution in [2.24, 2.45) is 5.92 Å². The van der Waals surface area contributed by atoms with Crippen LogP contribution in [0.15, 0.2) is 47.4 Å². The first-order valence-electron chi connectivity index (χ1n) is 10.0. The number of nitrogens with zero attached hydrogens (tertiary/aromatic N) is 1. The first kappa shape index (κ1) is 22.7. The number of Topliss-reactive ketones (excluding diaryl/α,β-unsaturated/α-hetero) is 1. The second kappa shape index (κ2) is 9.90. The molecule has 0 saturated carbocycles. The molecule has 0 amide bonds. The number of hydrogen-bond acceptors (Lipinski definition) is 4. The summed E-state index contributed by atoms with van der Waals surface area (Å²) in [5.74, 6) is 0.0779. The molecule has 0 aromatic heterocycles. The Morgan fingerprint density at radius 2 is 1.83 bits per heavy atom. The van der Waals surface area contributed by atoms with Gasteiger partial charge >= 0.3 is 0 Å². The smallest absolute Gasteiger partial charge is 0.243 e. The second-order valence-corrected chi connectivity index (χ2v) is 9.70. The molecule has 5 nitrogen and oxygen atoms in total. The Balaban J connectivity index is 1.59. The maximum atomic E-state index is 13.0. The number of sulfonamides is 1. The van der Waals surface area contributed by atoms with Crippen LogP contribution in [-0.2, 0) is 21.2 Å². The number of ether oxygens (including phenoxy) is 1. The minimum absolute atomic E-state index is 0.0968. The van der Waals surface area contributed by atoms with Crippen molar-refractivity contribution in [1.29, 1.82) is 0 Å². The first-order valence-corrected chi connectivity index (χ1v) is 11.8. The molecule has 1 saturated heterocycles. The van der Waals surface area contributed by atoms with Gasteiger partial charge in [0.1, 0.15) is 17.3 Å². The van der Waals surface area contributed by atoms with Crippen LogP contribution in [0.4, 0.5) is 4.39 Å². The van der Waals surface area contributed by atoms with Gasteiger partial charge in [0.05, 0.1) is 11.5 Å². The van der Waals surface area contributed by atoms with E-state index in [2.05, 4.69) is 0 Å². The second-order valence-electron chi connectivity index (χ2n) is 7.33. The van der Waals surface area contributed by atoms with Crippen LogP contribution < -0.4 is 4.74 Å². The summed E-state index contributed by atoms with van der Waals surface area (Å²) in [4.78, 5) is 12.6. The van der Waals surface area contributed by atoms with Crippen molar-refractivity contribution in [2.75, 3.05) is 19.7 Å². The van der Waals surface area contributed by atoms with Gasteiger partial charge in [-0.05, 0) is 56.0 Å². The maximum absolute atomic E-state index is 13.0. The summed E-state index contributed by atoms with van der Waals surface area (Å²) < 4.78 is 45.8. The molecule has 3 rings (SSSR count). The van der Waals surface area contributed by atoms with Crippen LogP contribution in [0.5, 0.6) is 5.75 Å². The van der Waals surface area contributed by atoms with E-state index in [1.807, 2.05) is 6.92 Å². The molecule has 1 aliphatic heterocycles. The summed E-state index contributed by atoms with van der Waals surface area (Å²) in [6.45, 7) is 2.79. The minimum atomic E-state index is -3.71. The summed E-state index contributed by atoms with van der Waals surface area (Å²) in [6, 6.07) is 10.6. The van der Waals surface area contributed by atoms with Gasteiger partial charge in [0.2, 0.25) is 10.0 Å². The van der Waals surface area contributed by atoms with E-state index in [1.165, 1.54) is 28.6 Å². The van der Waals surface area contributed by atoms with Crippen molar-refractivity contribution < 1.29 is 22.3 Å². The monoisotopic (exact) mass is 453 g/mol. The quantitative estimate of drug-likeness (QED) is 0.591. The number of piperidine rings is 1. The van der Waals surface area contributed by atoms with Crippen molar-refractivity contribution in [2.45, 2.75) is 37.5 Å². The summed E-state index contributed by atoms with van der Waals surface area (Å²) in [5, 5.41) is 0.297. The Labute approximate surface area is 181 Å². The SMILES string of the molecule is CCOc1cc(Cl)cc(S(=O)(=O)N2CCC(C(=O)CCc3ccc(F)cc3)CC2)c1. The normalized spacial score (nSPS) is 15.8. The lowest BCUT2D eigenvalue weighted by Crippen LogP contribution is -2.40. The molecule has 1 aliphatic rings. The molecule has 2 aromatic rings. The summed E-state index contributed by atoms with van der Waals surface area (Å²) >= 11 is 6.06. The van der Waals surface area contributed by atoms with Gasteiger partial charge < -0.3 is 4.74 Å². The van der Waals surface area contributed by atoms with Gasteiger partial charge in [0, 0.05) is 36.5 Å². The highest BCUT2D eigenvalue weighted by Crippen LogP contribution is 2.29. The summed E-state index contributed by atoms with van der Waals surface area (Å²) in [5.41, 5.74) is 0.913. The molecular formula is C22H25ClFNO4S. The van der Waals surface area contributed by atoms with E-state index in [-0.39, 0.29) is 35.5 Å². The van der Waals surface area contributed by atoms with Gasteiger partial charge in [0.25, 0.3) is 0 Å². The third kappa shape index (κ3) is 5.59. The number of benzene rings is 2. The van der Waals surface area contributed by atoms with Crippen LogP contribution in [0.1, 0.15) is 31.7 Å². The third-order valence-corrected chi connectivity index (χ3v) is 7.37. The minimum Gasteiger partial charge on any atom is -0.494 e. The van der Waals surface area contributed by atoms with Crippen LogP contribution in [0.3, 0.4) is 0 Å². The zero-order chi connectivity index (χ0) is 21.7. The zero-order valence-corrected chi connectivity index (χ0v) is 18.4. The zero-order valence-electron chi connectivity index (χ0n) is 16.8. The van der Waals surface area contributed by atoms with Gasteiger partial charge in [-0.15, -0.1) is 0 Å². The maximum Gasteiger partial charge on any atom is 0.243 e. The van der Waals surface area contributed by atoms with Crippen molar-refractivity contribution in [3.05, 3.63) is 58.9 Å². The molecule has 0 N–H and O–H groups in total. The number of halogens is 2. The predicted octanol–water partition coefficient (Wildman–Crippen LogP) is 4.48. The molecule has 0 spiro atoms. The average Bonchev–Trinajstić information content (AvgIpc) is 2.73. The Bertz CT molecular complexity index is 987. The van der Waals surface area contributed by atoms with Crippen LogP contribution in [0.25, 0.3) is 0 Å². The number of ketones is 1. The van der Waals surface area contributed by atoms with Gasteiger partial charge in [-0.3, -0.25) is 4.79 Å². The first-order chi connectivity index (χ1) is 14.3. The molecule has 8 heteroatoms. The standard InChI is InChI=1S/C22H25ClFNO4S/c1-2-29-20-13-18(23)14-21(15-20)30(27,28)25-11-9-17(10-12-25)22(26)8-5-16-3-6-19(24)7-4-16/h3-4,6-7,13-15,17H,2,5,8-12H2,1H3. The van der Waals surface area contributed by atoms with E-state index >= 15 is 0 Å². The summed E-state index contributed by atoms with van der Waals surface area (Å²) in [7, 11) is -3.71. The lowest BCUT2D eigenvalue weighted by molar-refractivity contribution is -0.123. The molecule has 2 aromatic carbocycles. The van der Waals surface area contributed by atoms with E-state index in [0.717, 1.165) is 5.56 Å². The van der Waals surface area contributed by atoms with Crippen molar-refractivity contribution >= 4 is 27.4 Å². The molecule has 1 heterocycles. The molecule has 0 aliphatic carbocycles. The Morgan fingerprint density at radius 1 is 1.17 bits per heavy atom. The number of rotatable bonds is 8. The van der Waals surface area contributed by atoms with Crippen molar-refractivity contribution in [3.63, 3.8) is 0 Å². The van der Waals surface area contributed by atoms with Gasteiger partial charge in [-0.25, -0.2) is 12.8 Å². The molecule has 1 fully saturated rings. The fourth-order valence-corrected chi connectivity index (χ4v) is 5.45. The highest BCUT2D eigenvalue weighted by molar-refractivity contribution is 7.89. The van der Waals surface area contributed by atoms with Crippen LogP contribution in [-0.4, -0.2) is 38.2 Å². The van der Waals surface area contributed by atoms with E-state index in [1.54, 1.807) is 18.2 Å². The Morgan fingerprint density at radius 3 is 2.47 bits per heavy atom. The molecule has 0 atom stereocenters. The lowest BCUT2D eigenvalue weighted by Gasteiger charge is -2.30. The highest BCUT2D eigenvalue weighted by Gasteiger charge is 2.32. The fraction of sp³-hybridized carbons (Fsp3) is 0.409. The molecule has 0 radical (unpaired) electrons. The van der Waals surface area contributed by atoms with Gasteiger partial charge in [-0.2, -0.15) is 4.31 Å². The van der Waals surface area contributed by atoms with E-state index in [9.17, 15) is 17.6 Å². The Hall–Kier alpha value is -1.96. The fourth-order valence-electron chi connectivity index (χ4n) is 3.63. The summed E-state index contributed by atoms with van der Waals surface area (Å²) in [6.07, 6.45) is 1.90. The number of aryl methyl sites for hydroxylation is 1. The Kier molecular flexibility index (Phi) is 7.50. The molecule has 30 heavy (non-hydrogen) atoms. The molecule has 0 bridgehead atoms. The number of hydrogen-bond donors (Lipinski definition) is 0. The molecular weight excluding hydrogens is 429 g/mol.